The van der Waals surface area contributed by atoms with Crippen molar-refractivity contribution in [1.82, 2.24) is 5.32 Å². The standard InChI is InChI=1S/C13H21NO4/c1-7-8(2)18-9(3)10(7)11(15)14-6-13(4-5-13)12(16)17/h7-10H,4-6H2,1-3H3,(H,14,15)(H,16,17). The van der Waals surface area contributed by atoms with Crippen LogP contribution in [-0.4, -0.2) is 35.7 Å². The largest absolute Gasteiger partial charge is 0.481 e. The normalized spacial score (nSPS) is 37.3. The summed E-state index contributed by atoms with van der Waals surface area (Å²) >= 11 is 0. The van der Waals surface area contributed by atoms with Crippen molar-refractivity contribution in [2.75, 3.05) is 6.54 Å². The van der Waals surface area contributed by atoms with Crippen molar-refractivity contribution in [2.45, 2.75) is 45.8 Å². The van der Waals surface area contributed by atoms with Crippen LogP contribution in [0.5, 0.6) is 0 Å². The first-order chi connectivity index (χ1) is 8.37. The highest BCUT2D eigenvalue weighted by Gasteiger charge is 2.51. The van der Waals surface area contributed by atoms with Crippen LogP contribution in [0.2, 0.25) is 0 Å². The Bertz CT molecular complexity index is 364. The molecule has 0 radical (unpaired) electrons. The highest BCUT2D eigenvalue weighted by molar-refractivity contribution is 5.82. The van der Waals surface area contributed by atoms with E-state index >= 15 is 0 Å². The van der Waals surface area contributed by atoms with Gasteiger partial charge in [-0.05, 0) is 32.6 Å². The minimum atomic E-state index is -0.806. The van der Waals surface area contributed by atoms with E-state index in [1.54, 1.807) is 0 Å². The Balaban J connectivity index is 1.91. The SMILES string of the molecule is CC1OC(C)C(C(=O)NCC2(C(=O)O)CC2)C1C. The summed E-state index contributed by atoms with van der Waals surface area (Å²) in [6.07, 6.45) is 1.29. The van der Waals surface area contributed by atoms with Gasteiger partial charge in [-0.2, -0.15) is 0 Å². The molecule has 2 N–H and O–H groups in total. The van der Waals surface area contributed by atoms with Crippen LogP contribution in [0.25, 0.3) is 0 Å². The third-order valence-corrected chi connectivity index (χ3v) is 4.45. The van der Waals surface area contributed by atoms with Crippen molar-refractivity contribution >= 4 is 11.9 Å². The Hall–Kier alpha value is -1.10. The highest BCUT2D eigenvalue weighted by atomic mass is 16.5. The zero-order valence-corrected chi connectivity index (χ0v) is 11.1. The van der Waals surface area contributed by atoms with Gasteiger partial charge in [0.25, 0.3) is 0 Å². The first-order valence-corrected chi connectivity index (χ1v) is 6.54. The van der Waals surface area contributed by atoms with Crippen LogP contribution in [0.4, 0.5) is 0 Å². The van der Waals surface area contributed by atoms with Crippen molar-refractivity contribution in [2.24, 2.45) is 17.3 Å². The molecule has 5 nitrogen and oxygen atoms in total. The molecule has 2 fully saturated rings. The first-order valence-electron chi connectivity index (χ1n) is 6.54. The van der Waals surface area contributed by atoms with E-state index in [0.29, 0.717) is 12.8 Å². The molecule has 1 heterocycles. The van der Waals surface area contributed by atoms with Crippen LogP contribution in [0.15, 0.2) is 0 Å². The maximum Gasteiger partial charge on any atom is 0.311 e. The fraction of sp³-hybridized carbons (Fsp3) is 0.846. The number of carboxylic acids is 1. The Morgan fingerprint density at radius 1 is 1.28 bits per heavy atom. The summed E-state index contributed by atoms with van der Waals surface area (Å²) in [5.41, 5.74) is -0.701. The molecule has 4 atom stereocenters. The lowest BCUT2D eigenvalue weighted by atomic mass is 9.88. The number of ether oxygens (including phenoxy) is 1. The Kier molecular flexibility index (Phi) is 3.36. The fourth-order valence-corrected chi connectivity index (χ4v) is 2.71. The van der Waals surface area contributed by atoms with Crippen LogP contribution >= 0.6 is 0 Å². The Morgan fingerprint density at radius 3 is 2.28 bits per heavy atom. The molecule has 1 saturated heterocycles. The number of carbonyl (C=O) groups is 2. The molecule has 5 heteroatoms. The molecule has 0 spiro atoms. The van der Waals surface area contributed by atoms with Crippen molar-refractivity contribution in [1.29, 1.82) is 0 Å². The van der Waals surface area contributed by atoms with E-state index in [9.17, 15) is 9.59 Å². The molecule has 2 rings (SSSR count). The van der Waals surface area contributed by atoms with E-state index in [2.05, 4.69) is 5.32 Å². The van der Waals surface area contributed by atoms with E-state index in [1.807, 2.05) is 20.8 Å². The summed E-state index contributed by atoms with van der Waals surface area (Å²) in [7, 11) is 0. The molecule has 18 heavy (non-hydrogen) atoms. The monoisotopic (exact) mass is 255 g/mol. The number of carbonyl (C=O) groups excluding carboxylic acids is 1. The van der Waals surface area contributed by atoms with Gasteiger partial charge in [0.05, 0.1) is 23.5 Å². The van der Waals surface area contributed by atoms with Gasteiger partial charge in [0.1, 0.15) is 0 Å². The van der Waals surface area contributed by atoms with Crippen molar-refractivity contribution < 1.29 is 19.4 Å². The quantitative estimate of drug-likeness (QED) is 0.786. The van der Waals surface area contributed by atoms with Gasteiger partial charge >= 0.3 is 5.97 Å². The minimum absolute atomic E-state index is 0.0742. The van der Waals surface area contributed by atoms with E-state index < -0.39 is 11.4 Å². The second-order valence-electron chi connectivity index (χ2n) is 5.73. The molecule has 2 aliphatic rings. The fourth-order valence-electron chi connectivity index (χ4n) is 2.71. The van der Waals surface area contributed by atoms with Gasteiger partial charge in [0, 0.05) is 6.54 Å². The lowest BCUT2D eigenvalue weighted by Crippen LogP contribution is -2.41. The van der Waals surface area contributed by atoms with Gasteiger partial charge in [-0.1, -0.05) is 6.92 Å². The highest BCUT2D eigenvalue weighted by Crippen LogP contribution is 2.45. The average Bonchev–Trinajstić information content (AvgIpc) is 3.02. The number of carboxylic acid groups (broad SMARTS) is 1. The zero-order chi connectivity index (χ0) is 13.5. The summed E-state index contributed by atoms with van der Waals surface area (Å²) in [6, 6.07) is 0. The summed E-state index contributed by atoms with van der Waals surface area (Å²) in [4.78, 5) is 23.1. The first kappa shape index (κ1) is 13.3. The second-order valence-corrected chi connectivity index (χ2v) is 5.73. The molecule has 0 aromatic carbocycles. The topological polar surface area (TPSA) is 75.6 Å². The van der Waals surface area contributed by atoms with Crippen molar-refractivity contribution in [3.8, 4) is 0 Å². The van der Waals surface area contributed by atoms with Gasteiger partial charge in [0.2, 0.25) is 5.91 Å². The Morgan fingerprint density at radius 2 is 1.89 bits per heavy atom. The Labute approximate surface area is 107 Å². The maximum atomic E-state index is 12.1. The van der Waals surface area contributed by atoms with E-state index in [4.69, 9.17) is 9.84 Å². The lowest BCUT2D eigenvalue weighted by Gasteiger charge is -2.19. The molecule has 0 aromatic heterocycles. The number of hydrogen-bond acceptors (Lipinski definition) is 3. The summed E-state index contributed by atoms with van der Waals surface area (Å²) < 4.78 is 5.63. The zero-order valence-electron chi connectivity index (χ0n) is 11.1. The van der Waals surface area contributed by atoms with E-state index in [1.165, 1.54) is 0 Å². The molecule has 1 amide bonds. The minimum Gasteiger partial charge on any atom is -0.481 e. The molecule has 4 unspecified atom stereocenters. The van der Waals surface area contributed by atoms with Crippen LogP contribution < -0.4 is 5.32 Å². The van der Waals surface area contributed by atoms with Crippen LogP contribution in [-0.2, 0) is 14.3 Å². The number of aliphatic carboxylic acids is 1. The van der Waals surface area contributed by atoms with Gasteiger partial charge < -0.3 is 15.2 Å². The van der Waals surface area contributed by atoms with E-state index in [0.717, 1.165) is 0 Å². The predicted molar refractivity (Wildman–Crippen MR) is 65.0 cm³/mol. The van der Waals surface area contributed by atoms with Gasteiger partial charge in [-0.15, -0.1) is 0 Å². The smallest absolute Gasteiger partial charge is 0.311 e. The average molecular weight is 255 g/mol. The molecule has 1 saturated carbocycles. The van der Waals surface area contributed by atoms with Crippen LogP contribution in [0.3, 0.4) is 0 Å². The van der Waals surface area contributed by atoms with Crippen LogP contribution in [0, 0.1) is 17.3 Å². The lowest BCUT2D eigenvalue weighted by molar-refractivity contribution is -0.143. The molecule has 1 aliphatic carbocycles. The maximum absolute atomic E-state index is 12.1. The van der Waals surface area contributed by atoms with Gasteiger partial charge in [-0.3, -0.25) is 9.59 Å². The summed E-state index contributed by atoms with van der Waals surface area (Å²) in [6.45, 7) is 6.11. The third-order valence-electron chi connectivity index (χ3n) is 4.45. The molecule has 1 aliphatic heterocycles. The van der Waals surface area contributed by atoms with Gasteiger partial charge in [0.15, 0.2) is 0 Å². The number of nitrogens with one attached hydrogen (secondary N) is 1. The number of hydrogen-bond donors (Lipinski definition) is 2. The third kappa shape index (κ3) is 2.23. The van der Waals surface area contributed by atoms with Crippen molar-refractivity contribution in [3.63, 3.8) is 0 Å². The molecule has 0 aromatic rings. The number of amides is 1. The summed E-state index contributed by atoms with van der Waals surface area (Å²) in [5.74, 6) is -0.892. The molecule has 0 bridgehead atoms. The summed E-state index contributed by atoms with van der Waals surface area (Å²) in [5, 5.41) is 11.8. The number of rotatable bonds is 4. The predicted octanol–water partition coefficient (Wildman–Crippen LogP) is 1.03. The van der Waals surface area contributed by atoms with Crippen molar-refractivity contribution in [3.05, 3.63) is 0 Å². The molecule has 102 valence electrons. The molecular weight excluding hydrogens is 234 g/mol. The molecular formula is C13H21NO4. The van der Waals surface area contributed by atoms with E-state index in [-0.39, 0.29) is 36.5 Å². The van der Waals surface area contributed by atoms with Crippen LogP contribution in [0.1, 0.15) is 33.6 Å². The second kappa shape index (κ2) is 4.53. The van der Waals surface area contributed by atoms with Gasteiger partial charge in [-0.25, -0.2) is 0 Å².